The molecule has 1 aromatic carbocycles. The molecule has 1 aromatic heterocycles. The van der Waals surface area contributed by atoms with Crippen molar-refractivity contribution in [3.05, 3.63) is 40.5 Å². The van der Waals surface area contributed by atoms with Gasteiger partial charge in [-0.25, -0.2) is 13.8 Å². The molecule has 0 saturated heterocycles. The van der Waals surface area contributed by atoms with E-state index in [0.29, 0.717) is 16.2 Å². The molecule has 0 unspecified atom stereocenters. The predicted octanol–water partition coefficient (Wildman–Crippen LogP) is 4.08. The fraction of sp³-hybridized carbons (Fsp3) is 0.231. The molecular formula is C13H13BrF2N4. The summed E-state index contributed by atoms with van der Waals surface area (Å²) < 4.78 is 27.0. The summed E-state index contributed by atoms with van der Waals surface area (Å²) in [5, 5.41) is 5.84. The first-order valence-electron chi connectivity index (χ1n) is 6.08. The molecule has 0 bridgehead atoms. The first kappa shape index (κ1) is 14.6. The highest BCUT2D eigenvalue weighted by Crippen LogP contribution is 2.26. The van der Waals surface area contributed by atoms with E-state index in [1.165, 1.54) is 12.1 Å². The van der Waals surface area contributed by atoms with Crippen molar-refractivity contribution in [1.82, 2.24) is 9.97 Å². The van der Waals surface area contributed by atoms with E-state index in [9.17, 15) is 8.78 Å². The minimum Gasteiger partial charge on any atom is -0.354 e. The quantitative estimate of drug-likeness (QED) is 0.859. The molecule has 0 aliphatic rings. The van der Waals surface area contributed by atoms with Crippen molar-refractivity contribution in [2.45, 2.75) is 13.3 Å². The predicted molar refractivity (Wildman–Crippen MR) is 78.2 cm³/mol. The molecule has 0 aliphatic heterocycles. The van der Waals surface area contributed by atoms with Crippen molar-refractivity contribution in [2.24, 2.45) is 0 Å². The van der Waals surface area contributed by atoms with Crippen LogP contribution in [0.5, 0.6) is 0 Å². The van der Waals surface area contributed by atoms with Crippen molar-refractivity contribution in [2.75, 3.05) is 17.2 Å². The van der Waals surface area contributed by atoms with Gasteiger partial charge in [-0.15, -0.1) is 0 Å². The zero-order valence-corrected chi connectivity index (χ0v) is 12.3. The highest BCUT2D eigenvalue weighted by atomic mass is 79.9. The zero-order valence-electron chi connectivity index (χ0n) is 10.8. The molecular weight excluding hydrogens is 330 g/mol. The van der Waals surface area contributed by atoms with E-state index in [-0.39, 0.29) is 5.69 Å². The monoisotopic (exact) mass is 342 g/mol. The van der Waals surface area contributed by atoms with Crippen LogP contribution in [0.4, 0.5) is 26.2 Å². The Kier molecular flexibility index (Phi) is 4.84. The topological polar surface area (TPSA) is 49.8 Å². The molecule has 106 valence electrons. The average molecular weight is 343 g/mol. The molecule has 1 heterocycles. The number of hydrogen-bond acceptors (Lipinski definition) is 4. The molecule has 0 aliphatic carbocycles. The van der Waals surface area contributed by atoms with Crippen molar-refractivity contribution >= 4 is 33.4 Å². The number of benzene rings is 1. The van der Waals surface area contributed by atoms with E-state index < -0.39 is 11.6 Å². The Labute approximate surface area is 123 Å². The second kappa shape index (κ2) is 6.60. The van der Waals surface area contributed by atoms with Gasteiger partial charge in [0.2, 0.25) is 5.95 Å². The fourth-order valence-corrected chi connectivity index (χ4v) is 1.79. The Morgan fingerprint density at radius 2 is 2.10 bits per heavy atom. The third kappa shape index (κ3) is 3.63. The molecule has 7 heteroatoms. The van der Waals surface area contributed by atoms with Gasteiger partial charge in [-0.2, -0.15) is 4.98 Å². The highest BCUT2D eigenvalue weighted by molar-refractivity contribution is 9.10. The minimum atomic E-state index is -0.682. The molecule has 0 spiro atoms. The highest BCUT2D eigenvalue weighted by Gasteiger charge is 2.09. The van der Waals surface area contributed by atoms with Crippen LogP contribution in [0.1, 0.15) is 13.3 Å². The Balaban J connectivity index is 2.23. The van der Waals surface area contributed by atoms with Gasteiger partial charge in [-0.05, 0) is 34.5 Å². The summed E-state index contributed by atoms with van der Waals surface area (Å²) in [6, 6.07) is 3.31. The maximum atomic E-state index is 13.6. The molecule has 0 amide bonds. The summed E-state index contributed by atoms with van der Waals surface area (Å²) in [4.78, 5) is 8.32. The Bertz CT molecular complexity index is 607. The van der Waals surface area contributed by atoms with Gasteiger partial charge < -0.3 is 10.6 Å². The molecule has 20 heavy (non-hydrogen) atoms. The lowest BCUT2D eigenvalue weighted by Gasteiger charge is -2.10. The maximum absolute atomic E-state index is 13.6. The van der Waals surface area contributed by atoms with Crippen molar-refractivity contribution in [1.29, 1.82) is 0 Å². The van der Waals surface area contributed by atoms with E-state index in [1.54, 1.807) is 6.20 Å². The fourth-order valence-electron chi connectivity index (χ4n) is 1.50. The van der Waals surface area contributed by atoms with E-state index in [2.05, 4.69) is 36.5 Å². The Morgan fingerprint density at radius 3 is 2.80 bits per heavy atom. The summed E-state index contributed by atoms with van der Waals surface area (Å²) in [7, 11) is 0. The number of aromatic nitrogens is 2. The Hall–Kier alpha value is -1.76. The molecule has 2 rings (SSSR count). The lowest BCUT2D eigenvalue weighted by Crippen LogP contribution is -2.06. The van der Waals surface area contributed by atoms with Gasteiger partial charge in [-0.3, -0.25) is 0 Å². The van der Waals surface area contributed by atoms with Crippen LogP contribution < -0.4 is 10.6 Å². The Morgan fingerprint density at radius 1 is 1.30 bits per heavy atom. The first-order valence-corrected chi connectivity index (χ1v) is 6.88. The molecule has 0 radical (unpaired) electrons. The van der Waals surface area contributed by atoms with Crippen LogP contribution in [0.3, 0.4) is 0 Å². The lowest BCUT2D eigenvalue weighted by molar-refractivity contribution is 0.586. The van der Waals surface area contributed by atoms with Gasteiger partial charge in [-0.1, -0.05) is 6.92 Å². The average Bonchev–Trinajstić information content (AvgIpc) is 2.42. The number of anilines is 3. The van der Waals surface area contributed by atoms with E-state index in [0.717, 1.165) is 19.0 Å². The van der Waals surface area contributed by atoms with Gasteiger partial charge in [0.25, 0.3) is 0 Å². The van der Waals surface area contributed by atoms with E-state index in [4.69, 9.17) is 0 Å². The molecule has 4 nitrogen and oxygen atoms in total. The lowest BCUT2D eigenvalue weighted by atomic mass is 10.3. The van der Waals surface area contributed by atoms with Crippen LogP contribution in [-0.4, -0.2) is 16.5 Å². The summed E-state index contributed by atoms with van der Waals surface area (Å²) >= 11 is 3.28. The summed E-state index contributed by atoms with van der Waals surface area (Å²) in [5.74, 6) is -0.456. The van der Waals surface area contributed by atoms with E-state index in [1.807, 2.05) is 6.92 Å². The molecule has 0 atom stereocenters. The number of nitrogens with zero attached hydrogens (tertiary/aromatic N) is 2. The number of rotatable bonds is 5. The zero-order chi connectivity index (χ0) is 14.5. The summed E-state index contributed by atoms with van der Waals surface area (Å²) in [6.07, 6.45) is 2.50. The van der Waals surface area contributed by atoms with Crippen LogP contribution in [-0.2, 0) is 0 Å². The minimum absolute atomic E-state index is 0.146. The molecule has 2 aromatic rings. The SMILES string of the molecule is CCCNc1ncc(Br)c(Nc2ccc(F)cc2F)n1. The van der Waals surface area contributed by atoms with Gasteiger partial charge in [0.05, 0.1) is 10.2 Å². The second-order valence-electron chi connectivity index (χ2n) is 4.07. The third-order valence-electron chi connectivity index (χ3n) is 2.46. The first-order chi connectivity index (χ1) is 9.60. The third-order valence-corrected chi connectivity index (χ3v) is 3.04. The number of halogens is 3. The van der Waals surface area contributed by atoms with Crippen LogP contribution >= 0.6 is 15.9 Å². The van der Waals surface area contributed by atoms with E-state index >= 15 is 0 Å². The van der Waals surface area contributed by atoms with Gasteiger partial charge in [0.15, 0.2) is 0 Å². The van der Waals surface area contributed by atoms with Gasteiger partial charge >= 0.3 is 0 Å². The van der Waals surface area contributed by atoms with Crippen molar-refractivity contribution < 1.29 is 8.78 Å². The molecule has 0 fully saturated rings. The van der Waals surface area contributed by atoms with Crippen LogP contribution in [0.2, 0.25) is 0 Å². The maximum Gasteiger partial charge on any atom is 0.224 e. The summed E-state index contributed by atoms with van der Waals surface area (Å²) in [6.45, 7) is 2.77. The standard InChI is InChI=1S/C13H13BrF2N4/c1-2-5-17-13-18-7-9(14)12(20-13)19-11-4-3-8(15)6-10(11)16/h3-4,6-7H,2,5H2,1H3,(H2,17,18,19,20). The summed E-state index contributed by atoms with van der Waals surface area (Å²) in [5.41, 5.74) is 0.146. The number of nitrogens with one attached hydrogen (secondary N) is 2. The van der Waals surface area contributed by atoms with Gasteiger partial charge in [0, 0.05) is 18.8 Å². The largest absolute Gasteiger partial charge is 0.354 e. The van der Waals surface area contributed by atoms with Crippen LogP contribution in [0, 0.1) is 11.6 Å². The number of hydrogen-bond donors (Lipinski definition) is 2. The van der Waals surface area contributed by atoms with Crippen LogP contribution in [0.15, 0.2) is 28.9 Å². The normalized spacial score (nSPS) is 10.4. The second-order valence-corrected chi connectivity index (χ2v) is 4.92. The smallest absolute Gasteiger partial charge is 0.224 e. The van der Waals surface area contributed by atoms with Crippen molar-refractivity contribution in [3.8, 4) is 0 Å². The van der Waals surface area contributed by atoms with Crippen LogP contribution in [0.25, 0.3) is 0 Å². The van der Waals surface area contributed by atoms with Gasteiger partial charge in [0.1, 0.15) is 17.5 Å². The molecule has 0 saturated carbocycles. The van der Waals surface area contributed by atoms with Crippen molar-refractivity contribution in [3.63, 3.8) is 0 Å². The molecule has 2 N–H and O–H groups in total.